The van der Waals surface area contributed by atoms with Crippen molar-refractivity contribution in [2.75, 3.05) is 13.1 Å². The third-order valence-electron chi connectivity index (χ3n) is 5.47. The molecule has 3 aromatic rings. The first kappa shape index (κ1) is 21.0. The number of hydrogen-bond acceptors (Lipinski definition) is 5. The Morgan fingerprint density at radius 1 is 1.13 bits per heavy atom. The maximum atomic E-state index is 12.8. The lowest BCUT2D eigenvalue weighted by Gasteiger charge is -2.16. The molecule has 1 aliphatic heterocycles. The Morgan fingerprint density at radius 2 is 1.87 bits per heavy atom. The SMILES string of the molecule is Cc1cc(Cc2ccc(C(F)(F)F)cc2)cc([C@H]2CCN(C(=O)c3nonc3C)C2)n1. The van der Waals surface area contributed by atoms with Gasteiger partial charge in [0.25, 0.3) is 5.91 Å². The zero-order chi connectivity index (χ0) is 22.2. The Labute approximate surface area is 177 Å². The molecule has 0 saturated carbocycles. The van der Waals surface area contributed by atoms with E-state index in [-0.39, 0.29) is 17.5 Å². The summed E-state index contributed by atoms with van der Waals surface area (Å²) in [4.78, 5) is 19.0. The molecule has 1 fully saturated rings. The Morgan fingerprint density at radius 3 is 2.52 bits per heavy atom. The van der Waals surface area contributed by atoms with Gasteiger partial charge in [0, 0.05) is 30.4 Å². The van der Waals surface area contributed by atoms with Gasteiger partial charge < -0.3 is 4.90 Å². The topological polar surface area (TPSA) is 72.1 Å². The number of aromatic nitrogens is 3. The summed E-state index contributed by atoms with van der Waals surface area (Å²) in [5.41, 5.74) is 3.51. The van der Waals surface area contributed by atoms with E-state index in [1.54, 1.807) is 11.8 Å². The molecule has 4 rings (SSSR count). The number of hydrogen-bond donors (Lipinski definition) is 0. The van der Waals surface area contributed by atoms with Crippen molar-refractivity contribution in [3.63, 3.8) is 0 Å². The Kier molecular flexibility index (Phi) is 5.51. The fourth-order valence-corrected chi connectivity index (χ4v) is 3.89. The van der Waals surface area contributed by atoms with Crippen molar-refractivity contribution in [1.82, 2.24) is 20.2 Å². The van der Waals surface area contributed by atoms with Gasteiger partial charge in [0.05, 0.1) is 5.56 Å². The van der Waals surface area contributed by atoms with Crippen molar-refractivity contribution >= 4 is 5.91 Å². The second kappa shape index (κ2) is 8.13. The molecule has 1 atom stereocenters. The van der Waals surface area contributed by atoms with E-state index in [1.165, 1.54) is 12.1 Å². The monoisotopic (exact) mass is 430 g/mol. The van der Waals surface area contributed by atoms with Gasteiger partial charge in [-0.25, -0.2) is 4.63 Å². The zero-order valence-corrected chi connectivity index (χ0v) is 17.1. The summed E-state index contributed by atoms with van der Waals surface area (Å²) in [6, 6.07) is 9.12. The Bertz CT molecular complexity index is 1090. The average molecular weight is 430 g/mol. The number of carbonyl (C=O) groups excluding carboxylic acids is 1. The molecule has 0 aliphatic carbocycles. The van der Waals surface area contributed by atoms with Gasteiger partial charge in [-0.2, -0.15) is 13.2 Å². The zero-order valence-electron chi connectivity index (χ0n) is 17.1. The number of carbonyl (C=O) groups is 1. The van der Waals surface area contributed by atoms with Gasteiger partial charge in [-0.15, -0.1) is 0 Å². The smallest absolute Gasteiger partial charge is 0.336 e. The fourth-order valence-electron chi connectivity index (χ4n) is 3.89. The number of aryl methyl sites for hydroxylation is 2. The molecule has 6 nitrogen and oxygen atoms in total. The van der Waals surface area contributed by atoms with Crippen molar-refractivity contribution in [3.8, 4) is 0 Å². The third kappa shape index (κ3) is 4.60. The van der Waals surface area contributed by atoms with Crippen LogP contribution >= 0.6 is 0 Å². The second-order valence-electron chi connectivity index (χ2n) is 7.85. The van der Waals surface area contributed by atoms with Crippen LogP contribution in [0.15, 0.2) is 41.0 Å². The first-order valence-corrected chi connectivity index (χ1v) is 9.93. The first-order chi connectivity index (χ1) is 14.7. The van der Waals surface area contributed by atoms with Crippen molar-refractivity contribution in [2.24, 2.45) is 0 Å². The summed E-state index contributed by atoms with van der Waals surface area (Å²) in [7, 11) is 0. The average Bonchev–Trinajstić information content (AvgIpc) is 3.36. The highest BCUT2D eigenvalue weighted by atomic mass is 19.4. The number of nitrogens with zero attached hydrogens (tertiary/aromatic N) is 4. The second-order valence-corrected chi connectivity index (χ2v) is 7.85. The number of pyridine rings is 1. The number of amides is 1. The number of benzene rings is 1. The lowest BCUT2D eigenvalue weighted by Crippen LogP contribution is -2.29. The van der Waals surface area contributed by atoms with Crippen LogP contribution in [0.25, 0.3) is 0 Å². The van der Waals surface area contributed by atoms with Crippen molar-refractivity contribution in [1.29, 1.82) is 0 Å². The number of likely N-dealkylation sites (tertiary alicyclic amines) is 1. The summed E-state index contributed by atoms with van der Waals surface area (Å²) in [5.74, 6) is -0.130. The minimum atomic E-state index is -4.34. The molecule has 1 aromatic carbocycles. The van der Waals surface area contributed by atoms with Gasteiger partial charge in [-0.05, 0) is 67.2 Å². The van der Waals surface area contributed by atoms with Crippen LogP contribution in [-0.4, -0.2) is 39.2 Å². The van der Waals surface area contributed by atoms with Crippen LogP contribution in [0.3, 0.4) is 0 Å². The molecular weight excluding hydrogens is 409 g/mol. The highest BCUT2D eigenvalue weighted by Gasteiger charge is 2.32. The molecule has 0 bridgehead atoms. The van der Waals surface area contributed by atoms with Gasteiger partial charge in [0.2, 0.25) is 0 Å². The van der Waals surface area contributed by atoms with Crippen LogP contribution in [0.2, 0.25) is 0 Å². The summed E-state index contributed by atoms with van der Waals surface area (Å²) in [6.07, 6.45) is -3.06. The number of halogens is 3. The minimum absolute atomic E-state index is 0.0790. The number of alkyl halides is 3. The first-order valence-electron chi connectivity index (χ1n) is 9.93. The lowest BCUT2D eigenvalue weighted by atomic mass is 9.98. The molecule has 0 N–H and O–H groups in total. The van der Waals surface area contributed by atoms with Gasteiger partial charge in [-0.1, -0.05) is 17.3 Å². The van der Waals surface area contributed by atoms with Gasteiger partial charge >= 0.3 is 6.18 Å². The van der Waals surface area contributed by atoms with Gasteiger partial charge in [-0.3, -0.25) is 9.78 Å². The molecule has 0 spiro atoms. The molecule has 0 unspecified atom stereocenters. The van der Waals surface area contributed by atoms with Crippen LogP contribution in [-0.2, 0) is 12.6 Å². The van der Waals surface area contributed by atoms with E-state index in [4.69, 9.17) is 0 Å². The van der Waals surface area contributed by atoms with E-state index in [0.717, 1.165) is 41.1 Å². The molecule has 0 radical (unpaired) electrons. The van der Waals surface area contributed by atoms with E-state index in [1.807, 2.05) is 19.1 Å². The fraction of sp³-hybridized carbons (Fsp3) is 0.364. The maximum Gasteiger partial charge on any atom is 0.416 e. The van der Waals surface area contributed by atoms with E-state index in [0.29, 0.717) is 25.2 Å². The highest BCUT2D eigenvalue weighted by molar-refractivity contribution is 5.93. The Balaban J connectivity index is 1.48. The Hall–Kier alpha value is -3.23. The predicted molar refractivity (Wildman–Crippen MR) is 106 cm³/mol. The highest BCUT2D eigenvalue weighted by Crippen LogP contribution is 2.30. The van der Waals surface area contributed by atoms with Crippen molar-refractivity contribution < 1.29 is 22.6 Å². The van der Waals surface area contributed by atoms with Crippen LogP contribution < -0.4 is 0 Å². The lowest BCUT2D eigenvalue weighted by molar-refractivity contribution is -0.137. The van der Waals surface area contributed by atoms with E-state index >= 15 is 0 Å². The van der Waals surface area contributed by atoms with Crippen molar-refractivity contribution in [3.05, 3.63) is 75.9 Å². The molecule has 9 heteroatoms. The van der Waals surface area contributed by atoms with Crippen LogP contribution in [0, 0.1) is 13.8 Å². The van der Waals surface area contributed by atoms with Gasteiger partial charge in [0.15, 0.2) is 5.69 Å². The summed E-state index contributed by atoms with van der Waals surface area (Å²) in [6.45, 7) is 4.66. The summed E-state index contributed by atoms with van der Waals surface area (Å²) < 4.78 is 43.0. The standard InChI is InChI=1S/C22H21F3N4O2/c1-13-9-16(10-15-3-5-18(6-4-15)22(23,24)25)11-19(26-13)17-7-8-29(12-17)21(30)20-14(2)27-31-28-20/h3-6,9,11,17H,7-8,10,12H2,1-2H3/t17-/m0/s1. The van der Waals surface area contributed by atoms with Crippen LogP contribution in [0.5, 0.6) is 0 Å². The third-order valence-corrected chi connectivity index (χ3v) is 5.47. The van der Waals surface area contributed by atoms with Gasteiger partial charge in [0.1, 0.15) is 5.69 Å². The minimum Gasteiger partial charge on any atom is -0.336 e. The largest absolute Gasteiger partial charge is 0.416 e. The van der Waals surface area contributed by atoms with Crippen LogP contribution in [0.4, 0.5) is 13.2 Å². The van der Waals surface area contributed by atoms with Crippen molar-refractivity contribution in [2.45, 2.75) is 38.8 Å². The quantitative estimate of drug-likeness (QED) is 0.617. The predicted octanol–water partition coefficient (Wildman–Crippen LogP) is 4.32. The molecule has 31 heavy (non-hydrogen) atoms. The summed E-state index contributed by atoms with van der Waals surface area (Å²) in [5, 5.41) is 7.35. The van der Waals surface area contributed by atoms with E-state index in [9.17, 15) is 18.0 Å². The van der Waals surface area contributed by atoms with E-state index in [2.05, 4.69) is 19.9 Å². The molecule has 1 amide bonds. The molecular formula is C22H21F3N4O2. The molecule has 162 valence electrons. The number of rotatable bonds is 4. The van der Waals surface area contributed by atoms with E-state index < -0.39 is 11.7 Å². The van der Waals surface area contributed by atoms with Crippen LogP contribution in [0.1, 0.15) is 56.6 Å². The summed E-state index contributed by atoms with van der Waals surface area (Å²) >= 11 is 0. The normalized spacial score (nSPS) is 16.7. The molecule has 2 aromatic heterocycles. The molecule has 1 aliphatic rings. The maximum absolute atomic E-state index is 12.8. The molecule has 3 heterocycles. The molecule has 1 saturated heterocycles.